The van der Waals surface area contributed by atoms with Crippen molar-refractivity contribution in [2.45, 2.75) is 96.8 Å². The molecule has 0 rings (SSSR count). The van der Waals surface area contributed by atoms with Gasteiger partial charge in [-0.2, -0.15) is 0 Å². The van der Waals surface area contributed by atoms with Gasteiger partial charge in [0, 0.05) is 0 Å². The van der Waals surface area contributed by atoms with Gasteiger partial charge in [-0.15, -0.1) is 0 Å². The Kier molecular flexibility index (Phi) is 26.4. The second-order valence-corrected chi connectivity index (χ2v) is 23.9. The minimum absolute atomic E-state index is 0.530. The monoisotopic (exact) mass is 665 g/mol. The zero-order valence-corrected chi connectivity index (χ0v) is 22.7. The average molecular weight is 665 g/mol. The Morgan fingerprint density at radius 2 is 0.826 bits per heavy atom. The van der Waals surface area contributed by atoms with E-state index in [4.69, 9.17) is 0 Å². The SMILES string of the molecule is CCCCCCCCCCCCCCCC[N+](C)(C)C.I[I-]I. The molecule has 23 heavy (non-hydrogen) atoms. The topological polar surface area (TPSA) is 0 Å². The van der Waals surface area contributed by atoms with Crippen molar-refractivity contribution in [1.82, 2.24) is 0 Å². The summed E-state index contributed by atoms with van der Waals surface area (Å²) in [5.41, 5.74) is 0. The fourth-order valence-corrected chi connectivity index (χ4v) is 2.78. The quantitative estimate of drug-likeness (QED) is 0.132. The molecule has 0 heterocycles. The molecule has 0 radical (unpaired) electrons. The Labute approximate surface area is 177 Å². The van der Waals surface area contributed by atoms with Gasteiger partial charge in [0.1, 0.15) is 0 Å². The maximum absolute atomic E-state index is 2.39. The molecule has 1 nitrogen and oxygen atoms in total. The number of unbranched alkanes of at least 4 members (excludes halogenated alkanes) is 13. The minimum atomic E-state index is 0.530. The van der Waals surface area contributed by atoms with Gasteiger partial charge in [0.2, 0.25) is 0 Å². The van der Waals surface area contributed by atoms with Crippen molar-refractivity contribution in [2.75, 3.05) is 27.7 Å². The van der Waals surface area contributed by atoms with Crippen LogP contribution in [-0.2, 0) is 0 Å². The first kappa shape index (κ1) is 27.4. The summed E-state index contributed by atoms with van der Waals surface area (Å²) in [6, 6.07) is 0. The van der Waals surface area contributed by atoms with Crippen LogP contribution in [0.1, 0.15) is 96.8 Å². The molecule has 0 aliphatic rings. The normalized spacial score (nSPS) is 11.4. The van der Waals surface area contributed by atoms with Gasteiger partial charge in [-0.1, -0.05) is 84.0 Å². The summed E-state index contributed by atoms with van der Waals surface area (Å²) in [5, 5.41) is 0. The number of rotatable bonds is 15. The van der Waals surface area contributed by atoms with E-state index >= 15 is 0 Å². The Bertz CT molecular complexity index is 205. The van der Waals surface area contributed by atoms with Crippen molar-refractivity contribution < 1.29 is 17.7 Å². The van der Waals surface area contributed by atoms with Crippen LogP contribution in [0.5, 0.6) is 0 Å². The van der Waals surface area contributed by atoms with Crippen LogP contribution in [0.15, 0.2) is 0 Å². The second-order valence-electron chi connectivity index (χ2n) is 7.66. The Hall–Kier alpha value is 2.15. The fourth-order valence-electron chi connectivity index (χ4n) is 2.78. The molecule has 0 aromatic rings. The van der Waals surface area contributed by atoms with Crippen molar-refractivity contribution >= 4 is 37.2 Å². The molecule has 144 valence electrons. The van der Waals surface area contributed by atoms with Crippen LogP contribution >= 0.6 is 37.2 Å². The third kappa shape index (κ3) is 32.3. The van der Waals surface area contributed by atoms with Crippen LogP contribution in [-0.4, -0.2) is 32.2 Å². The molecule has 0 saturated heterocycles. The molecule has 0 fully saturated rings. The molecular weight excluding hydrogens is 623 g/mol. The zero-order valence-electron chi connectivity index (χ0n) is 16.2. The van der Waals surface area contributed by atoms with Crippen LogP contribution in [0.2, 0.25) is 0 Å². The molecule has 4 heteroatoms. The molecule has 0 unspecified atom stereocenters. The van der Waals surface area contributed by atoms with Gasteiger partial charge >= 0.3 is 50.5 Å². The summed E-state index contributed by atoms with van der Waals surface area (Å²) in [7, 11) is 6.88. The molecular formula is C19H42I3N. The molecule has 0 aromatic heterocycles. The number of hydrogen-bond donors (Lipinski definition) is 0. The maximum atomic E-state index is 2.39. The van der Waals surface area contributed by atoms with Gasteiger partial charge in [0.15, 0.2) is 0 Å². The van der Waals surface area contributed by atoms with E-state index in [-0.39, 0.29) is 0 Å². The fraction of sp³-hybridized carbons (Fsp3) is 1.00. The first-order chi connectivity index (χ1) is 11.0. The number of nitrogens with zero attached hydrogens (tertiary/aromatic N) is 1. The van der Waals surface area contributed by atoms with E-state index in [1.807, 2.05) is 0 Å². The summed E-state index contributed by atoms with van der Waals surface area (Å²) < 4.78 is 1.12. The van der Waals surface area contributed by atoms with E-state index in [0.717, 1.165) is 4.48 Å². The molecule has 0 N–H and O–H groups in total. The van der Waals surface area contributed by atoms with Gasteiger partial charge in [0.05, 0.1) is 27.7 Å². The van der Waals surface area contributed by atoms with Gasteiger partial charge in [-0.25, -0.2) is 0 Å². The van der Waals surface area contributed by atoms with Crippen molar-refractivity contribution in [1.29, 1.82) is 0 Å². The third-order valence-electron chi connectivity index (χ3n) is 4.18. The predicted molar refractivity (Wildman–Crippen MR) is 121 cm³/mol. The molecule has 0 aromatic carbocycles. The summed E-state index contributed by atoms with van der Waals surface area (Å²) in [6.07, 6.45) is 20.4. The molecule has 0 saturated carbocycles. The van der Waals surface area contributed by atoms with Gasteiger partial charge < -0.3 is 4.48 Å². The molecule has 0 bridgehead atoms. The van der Waals surface area contributed by atoms with Crippen LogP contribution in [0.3, 0.4) is 0 Å². The zero-order chi connectivity index (χ0) is 17.8. The van der Waals surface area contributed by atoms with Gasteiger partial charge in [0.25, 0.3) is 0 Å². The molecule has 0 aliphatic heterocycles. The first-order valence-electron chi connectivity index (χ1n) is 9.65. The van der Waals surface area contributed by atoms with Crippen LogP contribution in [0.25, 0.3) is 0 Å². The predicted octanol–water partition coefficient (Wildman–Crippen LogP) is 4.95. The van der Waals surface area contributed by atoms with E-state index in [1.165, 1.54) is 96.4 Å². The van der Waals surface area contributed by atoms with Crippen molar-refractivity contribution in [3.63, 3.8) is 0 Å². The van der Waals surface area contributed by atoms with Crippen LogP contribution < -0.4 is 13.3 Å². The summed E-state index contributed by atoms with van der Waals surface area (Å²) in [5.74, 6) is 0. The standard InChI is InChI=1S/C19H42N.I3/c1-5-6-7-8-9-10-11-12-13-14-15-16-17-18-19-20(2,3)4;1-3-2/h5-19H2,1-4H3;/q+1;-1. The van der Waals surface area contributed by atoms with Gasteiger partial charge in [-0.05, 0) is 12.8 Å². The van der Waals surface area contributed by atoms with E-state index in [1.54, 1.807) is 0 Å². The van der Waals surface area contributed by atoms with Crippen LogP contribution in [0.4, 0.5) is 0 Å². The Morgan fingerprint density at radius 3 is 1.09 bits per heavy atom. The Morgan fingerprint density at radius 1 is 0.565 bits per heavy atom. The third-order valence-corrected chi connectivity index (χ3v) is 4.18. The number of hydrogen-bond acceptors (Lipinski definition) is 0. The molecule has 0 aliphatic carbocycles. The van der Waals surface area contributed by atoms with Crippen molar-refractivity contribution in [2.24, 2.45) is 0 Å². The Balaban J connectivity index is 0. The summed E-state index contributed by atoms with van der Waals surface area (Å²) >= 11 is 5.30. The summed E-state index contributed by atoms with van der Waals surface area (Å²) in [6.45, 7) is 3.63. The second kappa shape index (κ2) is 22.2. The average Bonchev–Trinajstić information content (AvgIpc) is 2.47. The number of halogens is 3. The van der Waals surface area contributed by atoms with E-state index < -0.39 is 0 Å². The van der Waals surface area contributed by atoms with E-state index in [9.17, 15) is 0 Å². The first-order valence-corrected chi connectivity index (χ1v) is 22.2. The van der Waals surface area contributed by atoms with E-state index in [2.05, 4.69) is 65.3 Å². The number of quaternary nitrogens is 1. The summed E-state index contributed by atoms with van der Waals surface area (Å²) in [4.78, 5) is 0. The van der Waals surface area contributed by atoms with Crippen molar-refractivity contribution in [3.05, 3.63) is 0 Å². The van der Waals surface area contributed by atoms with E-state index in [0.29, 0.717) is 13.3 Å². The molecule has 0 atom stereocenters. The van der Waals surface area contributed by atoms with Crippen molar-refractivity contribution in [3.8, 4) is 0 Å². The molecule has 0 amide bonds. The van der Waals surface area contributed by atoms with Gasteiger partial charge in [-0.3, -0.25) is 0 Å². The molecule has 0 spiro atoms. The van der Waals surface area contributed by atoms with Crippen LogP contribution in [0, 0.1) is 0 Å².